The summed E-state index contributed by atoms with van der Waals surface area (Å²) < 4.78 is 1.22. The minimum atomic E-state index is 0.582. The van der Waals surface area contributed by atoms with Crippen molar-refractivity contribution in [2.24, 2.45) is 0 Å². The van der Waals surface area contributed by atoms with Crippen LogP contribution in [-0.4, -0.2) is 11.3 Å². The Labute approximate surface area is 98.1 Å². The first-order valence-corrected chi connectivity index (χ1v) is 5.96. The normalized spacial score (nSPS) is 10.4. The molecule has 0 aliphatic carbocycles. The van der Waals surface area contributed by atoms with E-state index in [-0.39, 0.29) is 0 Å². The van der Waals surface area contributed by atoms with E-state index >= 15 is 0 Å². The van der Waals surface area contributed by atoms with Gasteiger partial charge < -0.3 is 0 Å². The highest BCUT2D eigenvalue weighted by atomic mass is 35.5. The van der Waals surface area contributed by atoms with E-state index in [2.05, 4.69) is 4.98 Å². The SMILES string of the molecule is O=Cc1cnc(-c2cc(Cl)sc2Cl)s1. The van der Waals surface area contributed by atoms with Gasteiger partial charge in [0, 0.05) is 11.8 Å². The smallest absolute Gasteiger partial charge is 0.161 e. The minimum absolute atomic E-state index is 0.582. The molecule has 0 N–H and O–H groups in total. The molecule has 0 aliphatic rings. The molecule has 2 rings (SSSR count). The fourth-order valence-electron chi connectivity index (χ4n) is 0.952. The number of thiophene rings is 1. The molecule has 0 aliphatic heterocycles. The van der Waals surface area contributed by atoms with Gasteiger partial charge in [0.1, 0.15) is 9.34 Å². The molecule has 2 aromatic rings. The Morgan fingerprint density at radius 2 is 2.14 bits per heavy atom. The highest BCUT2D eigenvalue weighted by Crippen LogP contribution is 2.39. The van der Waals surface area contributed by atoms with E-state index < -0.39 is 0 Å². The highest BCUT2D eigenvalue weighted by molar-refractivity contribution is 7.21. The number of carbonyl (C=O) groups excluding carboxylic acids is 1. The molecule has 0 aromatic carbocycles. The summed E-state index contributed by atoms with van der Waals surface area (Å²) in [5.74, 6) is 0. The second-order valence-electron chi connectivity index (χ2n) is 2.42. The van der Waals surface area contributed by atoms with E-state index in [9.17, 15) is 4.79 Å². The molecule has 0 saturated carbocycles. The summed E-state index contributed by atoms with van der Waals surface area (Å²) in [5.41, 5.74) is 0.791. The van der Waals surface area contributed by atoms with Gasteiger partial charge in [-0.05, 0) is 6.07 Å². The molecule has 0 radical (unpaired) electrons. The van der Waals surface area contributed by atoms with Crippen LogP contribution in [0.15, 0.2) is 12.3 Å². The molecule has 2 aromatic heterocycles. The molecule has 6 heteroatoms. The van der Waals surface area contributed by atoms with Crippen molar-refractivity contribution >= 4 is 52.2 Å². The minimum Gasteiger partial charge on any atom is -0.297 e. The maximum atomic E-state index is 10.5. The van der Waals surface area contributed by atoms with Crippen molar-refractivity contribution in [2.75, 3.05) is 0 Å². The first kappa shape index (κ1) is 10.1. The quantitative estimate of drug-likeness (QED) is 0.767. The number of hydrogen-bond donors (Lipinski definition) is 0. The topological polar surface area (TPSA) is 30.0 Å². The molecule has 0 unspecified atom stereocenters. The Kier molecular flexibility index (Phi) is 2.88. The number of thiazole rings is 1. The van der Waals surface area contributed by atoms with E-state index in [4.69, 9.17) is 23.2 Å². The Balaban J connectivity index is 2.48. The van der Waals surface area contributed by atoms with Crippen molar-refractivity contribution < 1.29 is 4.79 Å². The number of halogens is 2. The molecule has 14 heavy (non-hydrogen) atoms. The lowest BCUT2D eigenvalue weighted by atomic mass is 10.4. The van der Waals surface area contributed by atoms with Crippen LogP contribution in [0.5, 0.6) is 0 Å². The first-order valence-electron chi connectivity index (χ1n) is 3.57. The maximum absolute atomic E-state index is 10.5. The third-order valence-electron chi connectivity index (χ3n) is 1.53. The largest absolute Gasteiger partial charge is 0.297 e. The molecule has 2 heterocycles. The number of aldehydes is 1. The number of hydrogen-bond acceptors (Lipinski definition) is 4. The van der Waals surface area contributed by atoms with Gasteiger partial charge in [-0.2, -0.15) is 0 Å². The van der Waals surface area contributed by atoms with Gasteiger partial charge >= 0.3 is 0 Å². The van der Waals surface area contributed by atoms with Crippen molar-refractivity contribution in [3.8, 4) is 10.6 Å². The van der Waals surface area contributed by atoms with Crippen LogP contribution < -0.4 is 0 Å². The van der Waals surface area contributed by atoms with Gasteiger partial charge in [0.05, 0.1) is 9.21 Å². The lowest BCUT2D eigenvalue weighted by Gasteiger charge is -1.88. The lowest BCUT2D eigenvalue weighted by molar-refractivity contribution is 0.112. The zero-order valence-electron chi connectivity index (χ0n) is 6.66. The standard InChI is InChI=1S/C8H3Cl2NOS2/c9-6-1-5(7(10)14-6)8-11-2-4(3-12)13-8/h1-3H. The number of nitrogens with zero attached hydrogens (tertiary/aromatic N) is 1. The van der Waals surface area contributed by atoms with Crippen LogP contribution in [0.2, 0.25) is 8.67 Å². The van der Waals surface area contributed by atoms with Crippen LogP contribution >= 0.6 is 45.9 Å². The fourth-order valence-corrected chi connectivity index (χ4v) is 3.29. The van der Waals surface area contributed by atoms with E-state index in [1.165, 1.54) is 28.9 Å². The molecule has 0 spiro atoms. The zero-order chi connectivity index (χ0) is 10.1. The summed E-state index contributed by atoms with van der Waals surface area (Å²) >= 11 is 14.3. The molecule has 0 saturated heterocycles. The summed E-state index contributed by atoms with van der Waals surface area (Å²) in [5, 5.41) is 0.722. The second kappa shape index (κ2) is 3.98. The number of carbonyl (C=O) groups is 1. The predicted molar refractivity (Wildman–Crippen MR) is 60.8 cm³/mol. The number of rotatable bonds is 2. The third kappa shape index (κ3) is 1.83. The Morgan fingerprint density at radius 3 is 2.64 bits per heavy atom. The average Bonchev–Trinajstić information content (AvgIpc) is 2.71. The van der Waals surface area contributed by atoms with Gasteiger partial charge in [0.25, 0.3) is 0 Å². The molecular formula is C8H3Cl2NOS2. The average molecular weight is 264 g/mol. The first-order chi connectivity index (χ1) is 6.70. The summed E-state index contributed by atoms with van der Waals surface area (Å²) in [7, 11) is 0. The summed E-state index contributed by atoms with van der Waals surface area (Å²) in [6.07, 6.45) is 2.29. The van der Waals surface area contributed by atoms with Crippen LogP contribution in [0.25, 0.3) is 10.6 Å². The van der Waals surface area contributed by atoms with E-state index in [0.717, 1.165) is 16.9 Å². The van der Waals surface area contributed by atoms with E-state index in [1.807, 2.05) is 0 Å². The van der Waals surface area contributed by atoms with Crippen molar-refractivity contribution in [3.63, 3.8) is 0 Å². The van der Waals surface area contributed by atoms with Crippen molar-refractivity contribution in [3.05, 3.63) is 25.8 Å². The van der Waals surface area contributed by atoms with Gasteiger partial charge in [-0.15, -0.1) is 22.7 Å². The molecule has 72 valence electrons. The van der Waals surface area contributed by atoms with Crippen molar-refractivity contribution in [1.82, 2.24) is 4.98 Å². The molecule has 0 bridgehead atoms. The van der Waals surface area contributed by atoms with Crippen molar-refractivity contribution in [1.29, 1.82) is 0 Å². The van der Waals surface area contributed by atoms with Crippen molar-refractivity contribution in [2.45, 2.75) is 0 Å². The van der Waals surface area contributed by atoms with E-state index in [1.54, 1.807) is 6.07 Å². The Bertz CT molecular complexity index is 477. The van der Waals surface area contributed by atoms with Gasteiger partial charge in [-0.3, -0.25) is 4.79 Å². The van der Waals surface area contributed by atoms with Gasteiger partial charge in [-0.25, -0.2) is 4.98 Å². The molecule has 2 nitrogen and oxygen atoms in total. The summed E-state index contributed by atoms with van der Waals surface area (Å²) in [6, 6.07) is 1.75. The van der Waals surface area contributed by atoms with Gasteiger partial charge in [0.2, 0.25) is 0 Å². The summed E-state index contributed by atoms with van der Waals surface area (Å²) in [6.45, 7) is 0. The van der Waals surface area contributed by atoms with Crippen LogP contribution in [0.3, 0.4) is 0 Å². The Hall–Kier alpha value is -0.420. The Morgan fingerprint density at radius 1 is 1.36 bits per heavy atom. The third-order valence-corrected chi connectivity index (χ3v) is 3.97. The predicted octanol–water partition coefficient (Wildman–Crippen LogP) is 3.99. The van der Waals surface area contributed by atoms with Crippen LogP contribution in [0, 0.1) is 0 Å². The molecule has 0 atom stereocenters. The maximum Gasteiger partial charge on any atom is 0.161 e. The van der Waals surface area contributed by atoms with Crippen LogP contribution in [0.1, 0.15) is 9.67 Å². The monoisotopic (exact) mass is 263 g/mol. The second-order valence-corrected chi connectivity index (χ2v) is 5.77. The van der Waals surface area contributed by atoms with Gasteiger partial charge in [-0.1, -0.05) is 23.2 Å². The van der Waals surface area contributed by atoms with Crippen LogP contribution in [0.4, 0.5) is 0 Å². The fraction of sp³-hybridized carbons (Fsp3) is 0. The summed E-state index contributed by atoms with van der Waals surface area (Å²) in [4.78, 5) is 15.1. The van der Waals surface area contributed by atoms with Gasteiger partial charge in [0.15, 0.2) is 6.29 Å². The highest BCUT2D eigenvalue weighted by Gasteiger charge is 2.11. The molecular weight excluding hydrogens is 261 g/mol. The zero-order valence-corrected chi connectivity index (χ0v) is 9.80. The molecule has 0 amide bonds. The number of aromatic nitrogens is 1. The lowest BCUT2D eigenvalue weighted by Crippen LogP contribution is -1.68. The molecule has 0 fully saturated rings. The van der Waals surface area contributed by atoms with E-state index in [0.29, 0.717) is 13.5 Å². The van der Waals surface area contributed by atoms with Crippen LogP contribution in [-0.2, 0) is 0 Å².